The summed E-state index contributed by atoms with van der Waals surface area (Å²) in [6.07, 6.45) is 0.926. The lowest BCUT2D eigenvalue weighted by molar-refractivity contribution is -0.0475. The normalized spacial score (nSPS) is 15.7. The van der Waals surface area contributed by atoms with E-state index in [9.17, 15) is 9.90 Å². The summed E-state index contributed by atoms with van der Waals surface area (Å²) in [7, 11) is 3.11. The number of ether oxygens (including phenoxy) is 3. The first-order valence-corrected chi connectivity index (χ1v) is 9.78. The van der Waals surface area contributed by atoms with E-state index in [1.165, 1.54) is 5.56 Å². The van der Waals surface area contributed by atoms with Gasteiger partial charge in [-0.05, 0) is 62.1 Å². The van der Waals surface area contributed by atoms with Crippen LogP contribution in [0.2, 0.25) is 0 Å². The molecule has 0 unspecified atom stereocenters. The van der Waals surface area contributed by atoms with Crippen molar-refractivity contribution in [1.82, 2.24) is 4.90 Å². The second-order valence-electron chi connectivity index (χ2n) is 7.65. The SMILES string of the molecule is COc1cc(OC)cc(C(=O)N2CCC(O)(COc3ccc(C)c(C)c3)CC2)c1. The molecule has 0 aliphatic carbocycles. The molecular formula is C23H29NO5. The Morgan fingerprint density at radius 1 is 0.966 bits per heavy atom. The lowest BCUT2D eigenvalue weighted by Gasteiger charge is -2.38. The largest absolute Gasteiger partial charge is 0.497 e. The van der Waals surface area contributed by atoms with E-state index in [0.29, 0.717) is 43.0 Å². The first-order valence-electron chi connectivity index (χ1n) is 9.78. The molecule has 6 nitrogen and oxygen atoms in total. The van der Waals surface area contributed by atoms with E-state index in [4.69, 9.17) is 14.2 Å². The van der Waals surface area contributed by atoms with Gasteiger partial charge in [-0.25, -0.2) is 0 Å². The Balaban J connectivity index is 1.60. The van der Waals surface area contributed by atoms with Gasteiger partial charge in [-0.3, -0.25) is 4.79 Å². The summed E-state index contributed by atoms with van der Waals surface area (Å²) in [6.45, 7) is 5.23. The highest BCUT2D eigenvalue weighted by Crippen LogP contribution is 2.28. The van der Waals surface area contributed by atoms with Crippen LogP contribution in [0.3, 0.4) is 0 Å². The van der Waals surface area contributed by atoms with Gasteiger partial charge in [0.25, 0.3) is 5.91 Å². The second kappa shape index (κ2) is 8.74. The highest BCUT2D eigenvalue weighted by Gasteiger charge is 2.35. The first kappa shape index (κ1) is 21.0. The maximum atomic E-state index is 12.9. The van der Waals surface area contributed by atoms with Crippen LogP contribution in [0.15, 0.2) is 36.4 Å². The molecule has 1 heterocycles. The second-order valence-corrected chi connectivity index (χ2v) is 7.65. The van der Waals surface area contributed by atoms with Crippen LogP contribution in [0.25, 0.3) is 0 Å². The van der Waals surface area contributed by atoms with Crippen molar-refractivity contribution in [2.24, 2.45) is 0 Å². The van der Waals surface area contributed by atoms with E-state index in [0.717, 1.165) is 11.3 Å². The molecule has 1 aliphatic heterocycles. The van der Waals surface area contributed by atoms with Crippen molar-refractivity contribution >= 4 is 5.91 Å². The highest BCUT2D eigenvalue weighted by molar-refractivity contribution is 5.95. The number of nitrogens with zero attached hydrogens (tertiary/aromatic N) is 1. The predicted octanol–water partition coefficient (Wildman–Crippen LogP) is 3.37. The monoisotopic (exact) mass is 399 g/mol. The number of benzene rings is 2. The van der Waals surface area contributed by atoms with Crippen molar-refractivity contribution in [1.29, 1.82) is 0 Å². The Bertz CT molecular complexity index is 849. The van der Waals surface area contributed by atoms with Gasteiger partial charge in [-0.1, -0.05) is 6.07 Å². The van der Waals surface area contributed by atoms with Crippen molar-refractivity contribution < 1.29 is 24.1 Å². The van der Waals surface area contributed by atoms with Crippen molar-refractivity contribution in [2.45, 2.75) is 32.3 Å². The molecule has 1 N–H and O–H groups in total. The van der Waals surface area contributed by atoms with E-state index in [-0.39, 0.29) is 12.5 Å². The number of aryl methyl sites for hydroxylation is 2. The summed E-state index contributed by atoms with van der Waals surface area (Å²) in [5, 5.41) is 10.9. The topological polar surface area (TPSA) is 68.2 Å². The van der Waals surface area contributed by atoms with Gasteiger partial charge in [0.1, 0.15) is 29.5 Å². The van der Waals surface area contributed by atoms with Crippen molar-refractivity contribution in [2.75, 3.05) is 33.9 Å². The van der Waals surface area contributed by atoms with Gasteiger partial charge in [0, 0.05) is 24.7 Å². The van der Waals surface area contributed by atoms with E-state index < -0.39 is 5.60 Å². The summed E-state index contributed by atoms with van der Waals surface area (Å²) >= 11 is 0. The Morgan fingerprint density at radius 2 is 1.59 bits per heavy atom. The van der Waals surface area contributed by atoms with Crippen LogP contribution in [0.4, 0.5) is 0 Å². The Hall–Kier alpha value is -2.73. The van der Waals surface area contributed by atoms with Gasteiger partial charge in [-0.15, -0.1) is 0 Å². The third kappa shape index (κ3) is 5.01. The molecule has 0 aromatic heterocycles. The van der Waals surface area contributed by atoms with Crippen molar-refractivity contribution in [3.05, 3.63) is 53.1 Å². The smallest absolute Gasteiger partial charge is 0.254 e. The average Bonchev–Trinajstić information content (AvgIpc) is 2.74. The fourth-order valence-electron chi connectivity index (χ4n) is 3.41. The Labute approximate surface area is 172 Å². The van der Waals surface area contributed by atoms with Gasteiger partial charge in [0.15, 0.2) is 0 Å². The molecule has 2 aromatic rings. The van der Waals surface area contributed by atoms with Gasteiger partial charge in [0.05, 0.1) is 14.2 Å². The molecule has 29 heavy (non-hydrogen) atoms. The van der Waals surface area contributed by atoms with Crippen LogP contribution >= 0.6 is 0 Å². The maximum Gasteiger partial charge on any atom is 0.254 e. The molecule has 156 valence electrons. The van der Waals surface area contributed by atoms with Crippen molar-refractivity contribution in [3.8, 4) is 17.2 Å². The zero-order valence-corrected chi connectivity index (χ0v) is 17.5. The molecule has 0 saturated carbocycles. The zero-order chi connectivity index (χ0) is 21.0. The lowest BCUT2D eigenvalue weighted by atomic mass is 9.92. The fraction of sp³-hybridized carbons (Fsp3) is 0.435. The van der Waals surface area contributed by atoms with Gasteiger partial charge in [-0.2, -0.15) is 0 Å². The van der Waals surface area contributed by atoms with E-state index in [2.05, 4.69) is 6.92 Å². The number of aliphatic hydroxyl groups is 1. The number of carbonyl (C=O) groups excluding carboxylic acids is 1. The minimum Gasteiger partial charge on any atom is -0.497 e. The summed E-state index contributed by atoms with van der Waals surface area (Å²) in [5.41, 5.74) is 1.93. The Morgan fingerprint density at radius 3 is 2.14 bits per heavy atom. The number of carbonyl (C=O) groups is 1. The minimum atomic E-state index is -0.943. The van der Waals surface area contributed by atoms with Gasteiger partial charge >= 0.3 is 0 Å². The van der Waals surface area contributed by atoms with Crippen LogP contribution in [-0.2, 0) is 0 Å². The molecule has 2 aromatic carbocycles. The fourth-order valence-corrected chi connectivity index (χ4v) is 3.41. The van der Waals surface area contributed by atoms with Crippen LogP contribution < -0.4 is 14.2 Å². The summed E-state index contributed by atoms with van der Waals surface area (Å²) < 4.78 is 16.3. The summed E-state index contributed by atoms with van der Waals surface area (Å²) in [4.78, 5) is 14.6. The van der Waals surface area contributed by atoms with Gasteiger partial charge < -0.3 is 24.2 Å². The molecule has 0 atom stereocenters. The molecule has 3 rings (SSSR count). The third-order valence-electron chi connectivity index (χ3n) is 5.57. The molecular weight excluding hydrogens is 370 g/mol. The molecule has 0 radical (unpaired) electrons. The van der Waals surface area contributed by atoms with Gasteiger partial charge in [0.2, 0.25) is 0 Å². The molecule has 6 heteroatoms. The summed E-state index contributed by atoms with van der Waals surface area (Å²) in [6, 6.07) is 11.0. The third-order valence-corrected chi connectivity index (χ3v) is 5.57. The lowest BCUT2D eigenvalue weighted by Crippen LogP contribution is -2.49. The molecule has 1 aliphatic rings. The maximum absolute atomic E-state index is 12.9. The van der Waals surface area contributed by atoms with Crippen molar-refractivity contribution in [3.63, 3.8) is 0 Å². The number of likely N-dealkylation sites (tertiary alicyclic amines) is 1. The minimum absolute atomic E-state index is 0.0978. The molecule has 1 amide bonds. The number of amides is 1. The molecule has 1 fully saturated rings. The van der Waals surface area contributed by atoms with Crippen LogP contribution in [0.1, 0.15) is 34.3 Å². The summed E-state index contributed by atoms with van der Waals surface area (Å²) in [5.74, 6) is 1.80. The number of hydrogen-bond acceptors (Lipinski definition) is 5. The first-order chi connectivity index (χ1) is 13.8. The molecule has 0 spiro atoms. The predicted molar refractivity (Wildman–Crippen MR) is 111 cm³/mol. The number of methoxy groups -OCH3 is 2. The number of rotatable bonds is 6. The average molecular weight is 399 g/mol. The van der Waals surface area contributed by atoms with Crippen LogP contribution in [0, 0.1) is 13.8 Å². The highest BCUT2D eigenvalue weighted by atomic mass is 16.5. The molecule has 0 bridgehead atoms. The molecule has 1 saturated heterocycles. The number of piperidine rings is 1. The number of hydrogen-bond donors (Lipinski definition) is 1. The van der Waals surface area contributed by atoms with Crippen LogP contribution in [0.5, 0.6) is 17.2 Å². The standard InChI is InChI=1S/C23H29NO5/c1-16-5-6-19(11-17(16)2)29-15-23(26)7-9-24(10-8-23)22(25)18-12-20(27-3)14-21(13-18)28-4/h5-6,11-14,26H,7-10,15H2,1-4H3. The zero-order valence-electron chi connectivity index (χ0n) is 17.5. The van der Waals surface area contributed by atoms with Crippen LogP contribution in [-0.4, -0.2) is 55.4 Å². The van der Waals surface area contributed by atoms with E-state index in [1.807, 2.05) is 25.1 Å². The Kier molecular flexibility index (Phi) is 6.33. The van der Waals surface area contributed by atoms with E-state index >= 15 is 0 Å². The quantitative estimate of drug-likeness (QED) is 0.807. The van der Waals surface area contributed by atoms with E-state index in [1.54, 1.807) is 37.3 Å².